The lowest BCUT2D eigenvalue weighted by molar-refractivity contribution is -0.129. The molecule has 0 aromatic heterocycles. The molecule has 0 aromatic rings. The van der Waals surface area contributed by atoms with Gasteiger partial charge in [-0.2, -0.15) is 0 Å². The Morgan fingerprint density at radius 2 is 2.16 bits per heavy atom. The highest BCUT2D eigenvalue weighted by Crippen LogP contribution is 2.27. The van der Waals surface area contributed by atoms with Crippen LogP contribution in [-0.4, -0.2) is 48.1 Å². The Hall–Kier alpha value is -0.610. The molecular formula is C15H27N3O. The van der Waals surface area contributed by atoms with Gasteiger partial charge >= 0.3 is 0 Å². The third kappa shape index (κ3) is 2.79. The monoisotopic (exact) mass is 265 g/mol. The SMILES string of the molecule is CC1(C(=O)NC2CCN3CCCC3C2)CCCCN1. The lowest BCUT2D eigenvalue weighted by Gasteiger charge is -2.38. The summed E-state index contributed by atoms with van der Waals surface area (Å²) in [7, 11) is 0. The van der Waals surface area contributed by atoms with Crippen molar-refractivity contribution in [2.24, 2.45) is 0 Å². The van der Waals surface area contributed by atoms with Crippen LogP contribution in [0.4, 0.5) is 0 Å². The van der Waals surface area contributed by atoms with Crippen molar-refractivity contribution in [3.05, 3.63) is 0 Å². The zero-order valence-corrected chi connectivity index (χ0v) is 12.1. The number of nitrogens with zero attached hydrogens (tertiary/aromatic N) is 1. The van der Waals surface area contributed by atoms with Gasteiger partial charge in [0.15, 0.2) is 0 Å². The fourth-order valence-corrected chi connectivity index (χ4v) is 3.95. The van der Waals surface area contributed by atoms with Crippen LogP contribution < -0.4 is 10.6 Å². The van der Waals surface area contributed by atoms with Crippen molar-refractivity contribution in [3.63, 3.8) is 0 Å². The van der Waals surface area contributed by atoms with Gasteiger partial charge in [-0.1, -0.05) is 0 Å². The van der Waals surface area contributed by atoms with E-state index in [0.29, 0.717) is 6.04 Å². The van der Waals surface area contributed by atoms with Crippen LogP contribution in [0.25, 0.3) is 0 Å². The van der Waals surface area contributed by atoms with Crippen LogP contribution in [0, 0.1) is 0 Å². The average Bonchev–Trinajstić information content (AvgIpc) is 2.87. The first-order valence-corrected chi connectivity index (χ1v) is 7.97. The average molecular weight is 265 g/mol. The number of hydrogen-bond donors (Lipinski definition) is 2. The molecule has 2 N–H and O–H groups in total. The molecule has 3 unspecified atom stereocenters. The van der Waals surface area contributed by atoms with Gasteiger partial charge in [-0.15, -0.1) is 0 Å². The van der Waals surface area contributed by atoms with E-state index < -0.39 is 0 Å². The van der Waals surface area contributed by atoms with Crippen molar-refractivity contribution in [1.82, 2.24) is 15.5 Å². The summed E-state index contributed by atoms with van der Waals surface area (Å²) >= 11 is 0. The molecule has 4 nitrogen and oxygen atoms in total. The number of carbonyl (C=O) groups is 1. The second kappa shape index (κ2) is 5.41. The summed E-state index contributed by atoms with van der Waals surface area (Å²) in [5.74, 6) is 0.226. The van der Waals surface area contributed by atoms with Gasteiger partial charge in [0.1, 0.15) is 0 Å². The van der Waals surface area contributed by atoms with Crippen molar-refractivity contribution in [2.45, 2.75) is 69.5 Å². The Kier molecular flexibility index (Phi) is 3.81. The predicted octanol–water partition coefficient (Wildman–Crippen LogP) is 1.26. The summed E-state index contributed by atoms with van der Waals surface area (Å²) in [5, 5.41) is 6.72. The zero-order valence-electron chi connectivity index (χ0n) is 12.1. The molecule has 0 radical (unpaired) electrons. The van der Waals surface area contributed by atoms with Gasteiger partial charge < -0.3 is 15.5 Å². The first kappa shape index (κ1) is 13.4. The van der Waals surface area contributed by atoms with Crippen LogP contribution >= 0.6 is 0 Å². The van der Waals surface area contributed by atoms with Gasteiger partial charge in [-0.3, -0.25) is 4.79 Å². The molecule has 0 aromatic carbocycles. The van der Waals surface area contributed by atoms with E-state index in [0.717, 1.165) is 38.3 Å². The highest BCUT2D eigenvalue weighted by atomic mass is 16.2. The molecule has 3 heterocycles. The number of rotatable bonds is 2. The molecular weight excluding hydrogens is 238 g/mol. The van der Waals surface area contributed by atoms with Crippen molar-refractivity contribution in [1.29, 1.82) is 0 Å². The number of piperidine rings is 2. The molecule has 108 valence electrons. The molecule has 3 saturated heterocycles. The summed E-state index contributed by atoms with van der Waals surface area (Å²) in [6, 6.07) is 1.12. The highest BCUT2D eigenvalue weighted by molar-refractivity contribution is 5.86. The number of amides is 1. The van der Waals surface area contributed by atoms with Gasteiger partial charge in [0, 0.05) is 18.6 Å². The third-order valence-electron chi connectivity index (χ3n) is 5.28. The van der Waals surface area contributed by atoms with E-state index in [-0.39, 0.29) is 11.4 Å². The normalized spacial score (nSPS) is 39.8. The van der Waals surface area contributed by atoms with Gasteiger partial charge in [0.25, 0.3) is 0 Å². The van der Waals surface area contributed by atoms with E-state index in [1.165, 1.54) is 32.4 Å². The third-order valence-corrected chi connectivity index (χ3v) is 5.28. The minimum Gasteiger partial charge on any atom is -0.352 e. The lowest BCUT2D eigenvalue weighted by atomic mass is 9.89. The molecule has 3 rings (SSSR count). The molecule has 0 aliphatic carbocycles. The van der Waals surface area contributed by atoms with Crippen LogP contribution in [0.5, 0.6) is 0 Å². The minimum absolute atomic E-state index is 0.226. The maximum atomic E-state index is 12.5. The lowest BCUT2D eigenvalue weighted by Crippen LogP contribution is -2.60. The van der Waals surface area contributed by atoms with Crippen LogP contribution in [0.15, 0.2) is 0 Å². The number of nitrogens with one attached hydrogen (secondary N) is 2. The second-order valence-electron chi connectivity index (χ2n) is 6.74. The largest absolute Gasteiger partial charge is 0.352 e. The predicted molar refractivity (Wildman–Crippen MR) is 76.0 cm³/mol. The van der Waals surface area contributed by atoms with E-state index in [4.69, 9.17) is 0 Å². The topological polar surface area (TPSA) is 44.4 Å². The zero-order chi connectivity index (χ0) is 13.3. The molecule has 3 aliphatic rings. The molecule has 0 spiro atoms. The van der Waals surface area contributed by atoms with Crippen LogP contribution in [0.1, 0.15) is 51.9 Å². The van der Waals surface area contributed by atoms with E-state index in [2.05, 4.69) is 22.5 Å². The number of carbonyl (C=O) groups excluding carboxylic acids is 1. The van der Waals surface area contributed by atoms with E-state index in [1.807, 2.05) is 0 Å². The Labute approximate surface area is 116 Å². The van der Waals surface area contributed by atoms with Gasteiger partial charge in [-0.25, -0.2) is 0 Å². The summed E-state index contributed by atoms with van der Waals surface area (Å²) in [4.78, 5) is 15.1. The summed E-state index contributed by atoms with van der Waals surface area (Å²) < 4.78 is 0. The second-order valence-corrected chi connectivity index (χ2v) is 6.74. The van der Waals surface area contributed by atoms with Crippen molar-refractivity contribution < 1.29 is 4.79 Å². The van der Waals surface area contributed by atoms with E-state index in [9.17, 15) is 4.79 Å². The maximum absolute atomic E-state index is 12.5. The first-order chi connectivity index (χ1) is 9.17. The van der Waals surface area contributed by atoms with Crippen LogP contribution in [0.3, 0.4) is 0 Å². The van der Waals surface area contributed by atoms with Gasteiger partial charge in [-0.05, 0) is 65.0 Å². The molecule has 0 saturated carbocycles. The Morgan fingerprint density at radius 3 is 2.95 bits per heavy atom. The van der Waals surface area contributed by atoms with E-state index >= 15 is 0 Å². The van der Waals surface area contributed by atoms with Crippen LogP contribution in [-0.2, 0) is 4.79 Å². The highest BCUT2D eigenvalue weighted by Gasteiger charge is 2.37. The van der Waals surface area contributed by atoms with Crippen molar-refractivity contribution in [2.75, 3.05) is 19.6 Å². The molecule has 19 heavy (non-hydrogen) atoms. The molecule has 3 fully saturated rings. The molecule has 4 heteroatoms. The Bertz CT molecular complexity index is 338. The first-order valence-electron chi connectivity index (χ1n) is 7.97. The van der Waals surface area contributed by atoms with Crippen LogP contribution in [0.2, 0.25) is 0 Å². The standard InChI is InChI=1S/C15H27N3O/c1-15(7-2-3-8-16-15)14(19)17-12-6-10-18-9-4-5-13(18)11-12/h12-13,16H,2-11H2,1H3,(H,17,19). The Balaban J connectivity index is 1.54. The summed E-state index contributed by atoms with van der Waals surface area (Å²) in [5.41, 5.74) is -0.328. The van der Waals surface area contributed by atoms with Gasteiger partial charge in [0.05, 0.1) is 5.54 Å². The maximum Gasteiger partial charge on any atom is 0.240 e. The minimum atomic E-state index is -0.328. The number of fused-ring (bicyclic) bond motifs is 1. The fraction of sp³-hybridized carbons (Fsp3) is 0.933. The summed E-state index contributed by atoms with van der Waals surface area (Å²) in [6.07, 6.45) is 8.27. The molecule has 0 bridgehead atoms. The smallest absolute Gasteiger partial charge is 0.240 e. The van der Waals surface area contributed by atoms with Crippen molar-refractivity contribution >= 4 is 5.91 Å². The van der Waals surface area contributed by atoms with Gasteiger partial charge in [0.2, 0.25) is 5.91 Å². The molecule has 1 amide bonds. The summed E-state index contributed by atoms with van der Waals surface area (Å²) in [6.45, 7) is 5.47. The molecule has 3 aliphatic heterocycles. The van der Waals surface area contributed by atoms with E-state index in [1.54, 1.807) is 0 Å². The Morgan fingerprint density at radius 1 is 1.26 bits per heavy atom. The fourth-order valence-electron chi connectivity index (χ4n) is 3.95. The quantitative estimate of drug-likeness (QED) is 0.790. The van der Waals surface area contributed by atoms with Crippen molar-refractivity contribution in [3.8, 4) is 0 Å². The molecule has 3 atom stereocenters. The number of hydrogen-bond acceptors (Lipinski definition) is 3.